The van der Waals surface area contributed by atoms with Crippen LogP contribution in [-0.2, 0) is 78.3 Å². The van der Waals surface area contributed by atoms with Gasteiger partial charge in [0.05, 0.1) is 93.9 Å². The van der Waals surface area contributed by atoms with Crippen molar-refractivity contribution in [2.45, 2.75) is 177 Å². The van der Waals surface area contributed by atoms with Crippen LogP contribution in [0.4, 0.5) is 26.3 Å². The Morgan fingerprint density at radius 2 is 0.610 bits per heavy atom. The molecule has 12 aromatic rings. The molecule has 0 spiro atoms. The van der Waals surface area contributed by atoms with Crippen molar-refractivity contribution >= 4 is 45.6 Å². The number of aliphatic carboxylic acids is 1. The van der Waals surface area contributed by atoms with Gasteiger partial charge < -0.3 is 86.3 Å². The summed E-state index contributed by atoms with van der Waals surface area (Å²) in [6.45, 7) is 18.3. The van der Waals surface area contributed by atoms with Gasteiger partial charge in [0.25, 0.3) is 0 Å². The van der Waals surface area contributed by atoms with E-state index in [0.717, 1.165) is 68.3 Å². The summed E-state index contributed by atoms with van der Waals surface area (Å²) in [5, 5.41) is 23.3. The van der Waals surface area contributed by atoms with Crippen molar-refractivity contribution in [2.75, 3.05) is 69.5 Å². The van der Waals surface area contributed by atoms with Gasteiger partial charge in [0, 0.05) is 60.2 Å². The lowest BCUT2D eigenvalue weighted by molar-refractivity contribution is -0.158. The molecule has 12 aromatic carbocycles. The van der Waals surface area contributed by atoms with E-state index in [1.165, 1.54) is 32.2 Å². The fraction of sp³-hybridized carbons (Fsp3) is 0.345. The summed E-state index contributed by atoms with van der Waals surface area (Å²) in [6.07, 6.45) is -10.4. The molecule has 30 heteroatoms. The smallest absolute Gasteiger partial charge is 0.306 e. The number of hydrogen-bond acceptors (Lipinski definition) is 20. The molecule has 774 valence electrons. The van der Waals surface area contributed by atoms with Gasteiger partial charge in [-0.3, -0.25) is 19.2 Å². The quantitative estimate of drug-likeness (QED) is 0.0141. The SMILES string of the molecule is CNC(=O)CCC(=O)OC1[C@@H](COC(c2ccccc2)(c2ccc(OC)cc2)c2ccc(OC)cc2)O[C@@H](c2cc(C)c(F)cc2F)[C@H]1C.COc1ccc(C(OC[C@H]2O[C@@H](c3cc(C)c(F)cc3F)[C@@H](C)C2OC(=O)CCC(=O)O)(c2ccccc2)c2ccc(OC)cc2)cc1.COc1ccc(C(OC[C@H]2O[C@@H](c3cc(C)c(F)cc3F)[C@@H](O[Si](C)(C)C(C)(C)C)C2O)(c2ccccc2)c2ccc(OC)cc2)cc1.S. The highest BCUT2D eigenvalue weighted by Crippen LogP contribution is 2.52. The number of halogens is 6. The second-order valence-corrected chi connectivity index (χ2v) is 42.4. The Morgan fingerprint density at radius 1 is 0.356 bits per heavy atom. The molecule has 3 unspecified atom stereocenters. The number of carbonyl (C=O) groups excluding carboxylic acids is 3. The Kier molecular flexibility index (Phi) is 38.0. The van der Waals surface area contributed by atoms with E-state index in [4.69, 9.17) is 75.8 Å². The van der Waals surface area contributed by atoms with Crippen LogP contribution < -0.4 is 33.7 Å². The number of carboxylic acids is 1. The second kappa shape index (κ2) is 49.6. The Morgan fingerprint density at radius 3 is 0.870 bits per heavy atom. The number of esters is 2. The summed E-state index contributed by atoms with van der Waals surface area (Å²) in [4.78, 5) is 48.9. The maximum absolute atomic E-state index is 15.4. The zero-order valence-corrected chi connectivity index (χ0v) is 86.8. The van der Waals surface area contributed by atoms with Crippen molar-refractivity contribution in [3.05, 3.63) is 391 Å². The summed E-state index contributed by atoms with van der Waals surface area (Å²) >= 11 is 0. The molecule has 0 aromatic heterocycles. The minimum absolute atomic E-state index is 0. The number of aliphatic hydroxyl groups is 1. The standard InChI is InChI=1S/C39H41F2NO7.C39H46F2O6Si.C38H38F2O8.H2S/c1-24-21-31(33(41)22-32(24)40)37-25(2)38(49-36(44)20-19-35(43)42-3)34(48-37)23-47-39(26-9-7-6-8-10-26,27-11-15-29(45-4)16-12-27)28-13-17-30(46-5)18-14-28;1-25-22-31(33(41)23-32(25)40)36-37(47-48(7,8)38(2,3)4)35(42)34(46-36)24-45-39(26-12-10-9-11-13-26,27-14-18-29(43-5)19-15-27)28-16-20-30(44-6)21-17-28;1-23-20-30(32(40)21-31(23)39)36-24(2)37(48-35(43)19-18-34(41)42)33(47-36)22-46-38(25-8-6-5-7-9-25,26-10-14-28(44-3)15-11-26)27-12-16-29(45-4)17-13-27;/h6-18,21-22,25,34,37-38H,19-20,23H2,1-5H3,(H,42,43);9-23,34-37,42H,24H2,1-8H3;5-17,20-21,24,33,36-37H,18-19,22H2,1-4H3,(H,41,42);1H2/t25-,34-,37-,38?;34-,35?,36+,37+;24-,33-,36-,37?;/m111./s1. The van der Waals surface area contributed by atoms with Crippen LogP contribution in [0.2, 0.25) is 18.1 Å². The lowest BCUT2D eigenvalue weighted by Crippen LogP contribution is -2.48. The van der Waals surface area contributed by atoms with Crippen molar-refractivity contribution in [3.63, 3.8) is 0 Å². The van der Waals surface area contributed by atoms with Crippen LogP contribution in [0.1, 0.15) is 162 Å². The van der Waals surface area contributed by atoms with Crippen LogP contribution in [0.15, 0.2) is 273 Å². The predicted molar refractivity (Wildman–Crippen MR) is 548 cm³/mol. The molecule has 3 fully saturated rings. The fourth-order valence-corrected chi connectivity index (χ4v) is 19.7. The Bertz CT molecular complexity index is 6200. The number of ether oxygens (including phenoxy) is 14. The maximum atomic E-state index is 15.4. The molecular formula is C116H127F6NO21SSi. The van der Waals surface area contributed by atoms with Crippen LogP contribution in [0.5, 0.6) is 34.5 Å². The molecule has 1 amide bonds. The first-order valence-corrected chi connectivity index (χ1v) is 50.8. The van der Waals surface area contributed by atoms with E-state index >= 15 is 13.2 Å². The molecule has 0 radical (unpaired) electrons. The van der Waals surface area contributed by atoms with Crippen molar-refractivity contribution in [1.29, 1.82) is 0 Å². The van der Waals surface area contributed by atoms with E-state index in [1.807, 2.05) is 237 Å². The monoisotopic (exact) mass is 2040 g/mol. The fourth-order valence-electron chi connectivity index (χ4n) is 18.4. The number of nitrogens with one attached hydrogen (secondary N) is 1. The normalized spacial score (nSPS) is 19.3. The number of methoxy groups -OCH3 is 6. The molecule has 22 nitrogen and oxygen atoms in total. The number of hydrogen-bond donors (Lipinski definition) is 3. The molecular weight excluding hydrogens is 1920 g/mol. The largest absolute Gasteiger partial charge is 0.497 e. The van der Waals surface area contributed by atoms with Gasteiger partial charge in [-0.1, -0.05) is 198 Å². The van der Waals surface area contributed by atoms with Gasteiger partial charge in [-0.25, -0.2) is 26.3 Å². The molecule has 0 bridgehead atoms. The minimum Gasteiger partial charge on any atom is -0.497 e. The number of aliphatic hydroxyl groups excluding tert-OH is 1. The van der Waals surface area contributed by atoms with E-state index in [-0.39, 0.29) is 96.9 Å². The van der Waals surface area contributed by atoms with Gasteiger partial charge in [-0.05, 0) is 197 Å². The van der Waals surface area contributed by atoms with Crippen molar-refractivity contribution in [2.24, 2.45) is 11.8 Å². The van der Waals surface area contributed by atoms with Crippen molar-refractivity contribution in [1.82, 2.24) is 5.32 Å². The molecule has 3 aliphatic rings. The highest BCUT2D eigenvalue weighted by molar-refractivity contribution is 7.59. The van der Waals surface area contributed by atoms with Gasteiger partial charge in [0.1, 0.15) is 135 Å². The molecule has 146 heavy (non-hydrogen) atoms. The second-order valence-electron chi connectivity index (χ2n) is 37.6. The lowest BCUT2D eigenvalue weighted by Gasteiger charge is -2.40. The summed E-state index contributed by atoms with van der Waals surface area (Å²) < 4.78 is 180. The van der Waals surface area contributed by atoms with E-state index in [9.17, 15) is 37.5 Å². The molecule has 3 aliphatic heterocycles. The molecule has 3 saturated heterocycles. The van der Waals surface area contributed by atoms with Gasteiger partial charge >= 0.3 is 17.9 Å². The third-order valence-electron chi connectivity index (χ3n) is 27.5. The summed E-state index contributed by atoms with van der Waals surface area (Å²) in [5.74, 6) is -4.25. The first-order valence-electron chi connectivity index (χ1n) is 47.9. The predicted octanol–water partition coefficient (Wildman–Crippen LogP) is 22.6. The lowest BCUT2D eigenvalue weighted by atomic mass is 9.80. The zero-order chi connectivity index (χ0) is 104. The Hall–Kier alpha value is -12.9. The minimum atomic E-state index is -2.49. The Balaban J connectivity index is 0.000000194. The number of aryl methyl sites for hydroxylation is 3. The number of benzene rings is 12. The van der Waals surface area contributed by atoms with Crippen LogP contribution >= 0.6 is 13.5 Å². The van der Waals surface area contributed by atoms with E-state index < -0.39 is 157 Å². The Labute approximate surface area is 856 Å². The van der Waals surface area contributed by atoms with E-state index in [0.29, 0.717) is 34.5 Å². The highest BCUT2D eigenvalue weighted by atomic mass is 32.1. The number of carbonyl (C=O) groups is 4. The summed E-state index contributed by atoms with van der Waals surface area (Å²) in [7, 11) is 8.57. The molecule has 12 atom stereocenters. The number of rotatable bonds is 37. The van der Waals surface area contributed by atoms with Gasteiger partial charge in [0.2, 0.25) is 5.91 Å². The van der Waals surface area contributed by atoms with Crippen LogP contribution in [0.3, 0.4) is 0 Å². The highest BCUT2D eigenvalue weighted by Gasteiger charge is 2.55. The average Bonchev–Trinajstić information content (AvgIpc) is 1.07. The molecule has 0 saturated carbocycles. The molecule has 3 N–H and O–H groups in total. The number of carboxylic acid groups (broad SMARTS) is 1. The first kappa shape index (κ1) is 112. The third kappa shape index (κ3) is 25.2. The van der Waals surface area contributed by atoms with Gasteiger partial charge in [0.15, 0.2) is 8.32 Å². The van der Waals surface area contributed by atoms with Gasteiger partial charge in [-0.2, -0.15) is 13.5 Å². The average molecular weight is 2050 g/mol. The van der Waals surface area contributed by atoms with Crippen molar-refractivity contribution in [3.8, 4) is 34.5 Å². The molecule has 0 aliphatic carbocycles. The van der Waals surface area contributed by atoms with E-state index in [1.54, 1.807) is 70.4 Å². The third-order valence-corrected chi connectivity index (χ3v) is 32.0. The van der Waals surface area contributed by atoms with Crippen LogP contribution in [-0.4, -0.2) is 155 Å². The summed E-state index contributed by atoms with van der Waals surface area (Å²) in [5.41, 5.74) is 4.77. The first-order chi connectivity index (χ1) is 69.4. The molecule has 15 rings (SSSR count). The number of amides is 1. The van der Waals surface area contributed by atoms with Crippen LogP contribution in [0, 0.1) is 67.5 Å². The molecule has 3 heterocycles. The summed E-state index contributed by atoms with van der Waals surface area (Å²) in [6, 6.07) is 81.1. The van der Waals surface area contributed by atoms with E-state index in [2.05, 4.69) is 39.2 Å². The zero-order valence-electron chi connectivity index (χ0n) is 84.8. The van der Waals surface area contributed by atoms with Gasteiger partial charge in [-0.15, -0.1) is 0 Å². The van der Waals surface area contributed by atoms with Crippen molar-refractivity contribution < 1.29 is 126 Å². The topological polar surface area (TPSA) is 259 Å². The van der Waals surface area contributed by atoms with Crippen LogP contribution in [0.25, 0.3) is 0 Å². The maximum Gasteiger partial charge on any atom is 0.306 e.